The first-order valence-corrected chi connectivity index (χ1v) is 4.98. The molecular formula is C11H13NO3. The fraction of sp³-hybridized carbons (Fsp3) is 0.364. The number of hydrogen-bond donors (Lipinski definition) is 2. The minimum Gasteiger partial charge on any atom is -0.478 e. The average Bonchev–Trinajstić information content (AvgIpc) is 2.26. The summed E-state index contributed by atoms with van der Waals surface area (Å²) >= 11 is 0. The number of rotatable bonds is 3. The molecule has 1 aromatic carbocycles. The fourth-order valence-corrected chi connectivity index (χ4v) is 1.56. The number of carbonyl (C=O) groups is 1. The zero-order chi connectivity index (χ0) is 10.7. The summed E-state index contributed by atoms with van der Waals surface area (Å²) in [5, 5.41) is 11.5. The van der Waals surface area contributed by atoms with Gasteiger partial charge in [-0.25, -0.2) is 0 Å². The van der Waals surface area contributed by atoms with Crippen LogP contribution in [0.25, 0.3) is 0 Å². The van der Waals surface area contributed by atoms with Gasteiger partial charge in [0.1, 0.15) is 5.75 Å². The molecule has 0 aliphatic carbocycles. The molecule has 4 heteroatoms. The summed E-state index contributed by atoms with van der Waals surface area (Å²) in [6.45, 7) is 0.0782. The highest BCUT2D eigenvalue weighted by Crippen LogP contribution is 2.29. The van der Waals surface area contributed by atoms with Crippen molar-refractivity contribution in [3.8, 4) is 5.75 Å². The van der Waals surface area contributed by atoms with Gasteiger partial charge in [-0.2, -0.15) is 0 Å². The van der Waals surface area contributed by atoms with E-state index in [-0.39, 0.29) is 12.5 Å². The Labute approximate surface area is 87.9 Å². The van der Waals surface area contributed by atoms with Crippen molar-refractivity contribution in [2.75, 3.05) is 11.9 Å². The van der Waals surface area contributed by atoms with Crippen LogP contribution in [0.4, 0.5) is 5.69 Å². The lowest BCUT2D eigenvalue weighted by Gasteiger charge is -2.25. The summed E-state index contributed by atoms with van der Waals surface area (Å²) in [6.07, 6.45) is 0.628. The van der Waals surface area contributed by atoms with Crippen molar-refractivity contribution in [3.05, 3.63) is 24.3 Å². The molecular weight excluding hydrogens is 194 g/mol. The number of ether oxygens (including phenoxy) is 1. The Bertz CT molecular complexity index is 365. The Morgan fingerprint density at radius 2 is 2.20 bits per heavy atom. The maximum Gasteiger partial charge on any atom is 0.265 e. The van der Waals surface area contributed by atoms with E-state index < -0.39 is 6.10 Å². The van der Waals surface area contributed by atoms with Crippen molar-refractivity contribution >= 4 is 11.6 Å². The Kier molecular flexibility index (Phi) is 2.87. The van der Waals surface area contributed by atoms with Gasteiger partial charge in [-0.15, -0.1) is 0 Å². The normalized spacial score (nSPS) is 19.0. The topological polar surface area (TPSA) is 58.6 Å². The van der Waals surface area contributed by atoms with Gasteiger partial charge in [0.25, 0.3) is 5.91 Å². The summed E-state index contributed by atoms with van der Waals surface area (Å²) in [7, 11) is 0. The molecule has 80 valence electrons. The third-order valence-electron chi connectivity index (χ3n) is 2.33. The van der Waals surface area contributed by atoms with Crippen LogP contribution in [0.15, 0.2) is 24.3 Å². The van der Waals surface area contributed by atoms with Crippen LogP contribution in [0.5, 0.6) is 5.75 Å². The lowest BCUT2D eigenvalue weighted by Crippen LogP contribution is -2.36. The number of hydrogen-bond acceptors (Lipinski definition) is 3. The second-order valence-corrected chi connectivity index (χ2v) is 3.46. The summed E-state index contributed by atoms with van der Waals surface area (Å²) in [4.78, 5) is 11.5. The molecule has 0 bridgehead atoms. The lowest BCUT2D eigenvalue weighted by atomic mass is 10.1. The molecule has 15 heavy (non-hydrogen) atoms. The van der Waals surface area contributed by atoms with Crippen LogP contribution in [0, 0.1) is 0 Å². The molecule has 0 radical (unpaired) electrons. The Morgan fingerprint density at radius 3 is 3.00 bits per heavy atom. The smallest absolute Gasteiger partial charge is 0.265 e. The molecule has 0 saturated heterocycles. The van der Waals surface area contributed by atoms with Crippen LogP contribution in [0.2, 0.25) is 0 Å². The maximum absolute atomic E-state index is 11.5. The fourth-order valence-electron chi connectivity index (χ4n) is 1.56. The summed E-state index contributed by atoms with van der Waals surface area (Å²) in [5.74, 6) is 0.558. The molecule has 2 rings (SSSR count). The van der Waals surface area contributed by atoms with E-state index in [1.807, 2.05) is 18.2 Å². The third kappa shape index (κ3) is 2.10. The zero-order valence-corrected chi connectivity index (χ0v) is 8.27. The zero-order valence-electron chi connectivity index (χ0n) is 8.27. The van der Waals surface area contributed by atoms with Crippen molar-refractivity contribution in [1.29, 1.82) is 0 Å². The Morgan fingerprint density at radius 1 is 1.40 bits per heavy atom. The first kappa shape index (κ1) is 9.98. The molecule has 1 aromatic rings. The molecule has 1 aliphatic rings. The average molecular weight is 207 g/mol. The second-order valence-electron chi connectivity index (χ2n) is 3.46. The van der Waals surface area contributed by atoms with Gasteiger partial charge in [-0.3, -0.25) is 4.79 Å². The van der Waals surface area contributed by atoms with E-state index in [0.717, 1.165) is 0 Å². The van der Waals surface area contributed by atoms with Gasteiger partial charge in [0.05, 0.1) is 5.69 Å². The largest absolute Gasteiger partial charge is 0.478 e. The van der Waals surface area contributed by atoms with Crippen molar-refractivity contribution < 1.29 is 14.6 Å². The Balaban J connectivity index is 2.11. The molecule has 1 aliphatic heterocycles. The minimum absolute atomic E-state index is 0.0782. The predicted octanol–water partition coefficient (Wildman–Crippen LogP) is 1.16. The molecule has 4 nitrogen and oxygen atoms in total. The molecule has 0 spiro atoms. The lowest BCUT2D eigenvalue weighted by molar-refractivity contribution is -0.123. The minimum atomic E-state index is -0.480. The van der Waals surface area contributed by atoms with E-state index in [4.69, 9.17) is 9.84 Å². The van der Waals surface area contributed by atoms with Crippen LogP contribution >= 0.6 is 0 Å². The highest BCUT2D eigenvalue weighted by Gasteiger charge is 2.26. The number of para-hydroxylation sites is 2. The summed E-state index contributed by atoms with van der Waals surface area (Å²) in [6, 6.07) is 7.33. The highest BCUT2D eigenvalue weighted by atomic mass is 16.5. The van der Waals surface area contributed by atoms with Gasteiger partial charge < -0.3 is 15.2 Å². The van der Waals surface area contributed by atoms with Crippen LogP contribution in [0.3, 0.4) is 0 Å². The SMILES string of the molecule is O=C1Nc2ccccc2OC1CCCO. The quantitative estimate of drug-likeness (QED) is 0.781. The van der Waals surface area contributed by atoms with Crippen molar-refractivity contribution in [2.45, 2.75) is 18.9 Å². The monoisotopic (exact) mass is 207 g/mol. The number of fused-ring (bicyclic) bond motifs is 1. The molecule has 1 unspecified atom stereocenters. The van der Waals surface area contributed by atoms with Crippen LogP contribution < -0.4 is 10.1 Å². The predicted molar refractivity (Wildman–Crippen MR) is 55.8 cm³/mol. The molecule has 2 N–H and O–H groups in total. The van der Waals surface area contributed by atoms with Crippen molar-refractivity contribution in [2.24, 2.45) is 0 Å². The molecule has 1 heterocycles. The van der Waals surface area contributed by atoms with Gasteiger partial charge in [0.15, 0.2) is 6.10 Å². The van der Waals surface area contributed by atoms with Gasteiger partial charge in [-0.1, -0.05) is 12.1 Å². The van der Waals surface area contributed by atoms with Gasteiger partial charge in [-0.05, 0) is 25.0 Å². The van der Waals surface area contributed by atoms with E-state index in [1.54, 1.807) is 6.07 Å². The van der Waals surface area contributed by atoms with E-state index in [2.05, 4.69) is 5.32 Å². The molecule has 1 atom stereocenters. The van der Waals surface area contributed by atoms with E-state index in [1.165, 1.54) is 0 Å². The van der Waals surface area contributed by atoms with Crippen LogP contribution in [-0.4, -0.2) is 23.7 Å². The van der Waals surface area contributed by atoms with Gasteiger partial charge >= 0.3 is 0 Å². The van der Waals surface area contributed by atoms with E-state index in [9.17, 15) is 4.79 Å². The summed E-state index contributed by atoms with van der Waals surface area (Å²) in [5.41, 5.74) is 0.711. The van der Waals surface area contributed by atoms with E-state index in [0.29, 0.717) is 24.3 Å². The summed E-state index contributed by atoms with van der Waals surface area (Å²) < 4.78 is 5.52. The first-order chi connectivity index (χ1) is 7.31. The third-order valence-corrected chi connectivity index (χ3v) is 2.33. The standard InChI is InChI=1S/C11H13NO3/c13-7-3-6-10-11(14)12-8-4-1-2-5-9(8)15-10/h1-2,4-5,10,13H,3,6-7H2,(H,12,14). The van der Waals surface area contributed by atoms with Gasteiger partial charge in [0, 0.05) is 6.61 Å². The maximum atomic E-state index is 11.5. The number of aliphatic hydroxyl groups is 1. The number of nitrogens with one attached hydrogen (secondary N) is 1. The second kappa shape index (κ2) is 4.31. The molecule has 0 fully saturated rings. The number of carbonyl (C=O) groups excluding carboxylic acids is 1. The molecule has 1 amide bonds. The number of benzene rings is 1. The molecule has 0 aromatic heterocycles. The number of anilines is 1. The van der Waals surface area contributed by atoms with Crippen LogP contribution in [-0.2, 0) is 4.79 Å². The van der Waals surface area contributed by atoms with Crippen molar-refractivity contribution in [1.82, 2.24) is 0 Å². The number of amides is 1. The highest BCUT2D eigenvalue weighted by molar-refractivity contribution is 5.97. The molecule has 0 saturated carbocycles. The van der Waals surface area contributed by atoms with Crippen molar-refractivity contribution in [3.63, 3.8) is 0 Å². The Hall–Kier alpha value is -1.55. The number of aliphatic hydroxyl groups excluding tert-OH is 1. The van der Waals surface area contributed by atoms with E-state index >= 15 is 0 Å². The van der Waals surface area contributed by atoms with Crippen LogP contribution in [0.1, 0.15) is 12.8 Å². The first-order valence-electron chi connectivity index (χ1n) is 4.98. The van der Waals surface area contributed by atoms with Gasteiger partial charge in [0.2, 0.25) is 0 Å².